The highest BCUT2D eigenvalue weighted by molar-refractivity contribution is 5.92. The molecule has 5 nitrogen and oxygen atoms in total. The molecule has 0 saturated heterocycles. The molecule has 1 N–H and O–H groups in total. The first kappa shape index (κ1) is 15.4. The fraction of sp³-hybridized carbons (Fsp3) is 0.500. The Morgan fingerprint density at radius 1 is 1.19 bits per heavy atom. The van der Waals surface area contributed by atoms with Crippen molar-refractivity contribution in [3.63, 3.8) is 0 Å². The van der Waals surface area contributed by atoms with Crippen molar-refractivity contribution in [2.75, 3.05) is 7.11 Å². The number of carbonyl (C=O) groups is 2. The minimum absolute atomic E-state index is 0.400. The van der Waals surface area contributed by atoms with Gasteiger partial charge < -0.3 is 14.8 Å². The smallest absolute Gasteiger partial charge is 0.408 e. The highest BCUT2D eigenvalue weighted by Crippen LogP contribution is 2.47. The zero-order chi connectivity index (χ0) is 15.7. The minimum atomic E-state index is -0.554. The van der Waals surface area contributed by atoms with Crippen LogP contribution in [0.2, 0.25) is 0 Å². The van der Waals surface area contributed by atoms with E-state index < -0.39 is 23.2 Å². The largest absolute Gasteiger partial charge is 0.465 e. The van der Waals surface area contributed by atoms with Crippen molar-refractivity contribution in [1.29, 1.82) is 0 Å². The molecule has 5 heteroatoms. The van der Waals surface area contributed by atoms with Crippen LogP contribution in [0.4, 0.5) is 4.79 Å². The summed E-state index contributed by atoms with van der Waals surface area (Å²) in [7, 11) is 1.35. The lowest BCUT2D eigenvalue weighted by atomic mass is 9.98. The van der Waals surface area contributed by atoms with Crippen LogP contribution in [0, 0.1) is 0 Å². The van der Waals surface area contributed by atoms with Gasteiger partial charge in [0.05, 0.1) is 18.2 Å². The molecule has 1 fully saturated rings. The summed E-state index contributed by atoms with van der Waals surface area (Å²) in [5.74, 6) is -0.400. The molecule has 0 spiro atoms. The number of ether oxygens (including phenoxy) is 2. The Morgan fingerprint density at radius 2 is 1.81 bits per heavy atom. The predicted molar refractivity (Wildman–Crippen MR) is 78.1 cm³/mol. The fourth-order valence-electron chi connectivity index (χ4n) is 2.27. The molecular formula is C16H21NO4. The van der Waals surface area contributed by atoms with E-state index in [0.29, 0.717) is 5.56 Å². The van der Waals surface area contributed by atoms with E-state index in [-0.39, 0.29) is 0 Å². The SMILES string of the molecule is COC(=O)c1ccccc1C1(NC(=O)OC(C)(C)C)CC1. The number of carbonyl (C=O) groups excluding carboxylic acids is 2. The molecule has 1 aliphatic rings. The monoisotopic (exact) mass is 291 g/mol. The van der Waals surface area contributed by atoms with Gasteiger partial charge in [-0.05, 0) is 45.2 Å². The van der Waals surface area contributed by atoms with Crippen molar-refractivity contribution >= 4 is 12.1 Å². The predicted octanol–water partition coefficient (Wildman–Crippen LogP) is 2.99. The Morgan fingerprint density at radius 3 is 2.33 bits per heavy atom. The van der Waals surface area contributed by atoms with Crippen molar-refractivity contribution in [3.05, 3.63) is 35.4 Å². The zero-order valence-corrected chi connectivity index (χ0v) is 12.9. The second-order valence-electron chi connectivity index (χ2n) is 6.25. The van der Waals surface area contributed by atoms with Gasteiger partial charge in [-0.15, -0.1) is 0 Å². The molecule has 0 radical (unpaired) electrons. The molecule has 0 aromatic heterocycles. The quantitative estimate of drug-likeness (QED) is 0.869. The van der Waals surface area contributed by atoms with Crippen LogP contribution in [-0.4, -0.2) is 24.8 Å². The third kappa shape index (κ3) is 3.54. The fourth-order valence-corrected chi connectivity index (χ4v) is 2.27. The number of rotatable bonds is 3. The molecule has 2 rings (SSSR count). The van der Waals surface area contributed by atoms with Gasteiger partial charge in [0.2, 0.25) is 0 Å². The average Bonchev–Trinajstić information content (AvgIpc) is 3.16. The number of alkyl carbamates (subject to hydrolysis) is 1. The van der Waals surface area contributed by atoms with E-state index in [9.17, 15) is 9.59 Å². The molecule has 1 saturated carbocycles. The summed E-state index contributed by atoms with van der Waals surface area (Å²) in [5, 5.41) is 2.89. The van der Waals surface area contributed by atoms with Crippen molar-refractivity contribution in [1.82, 2.24) is 5.32 Å². The van der Waals surface area contributed by atoms with E-state index in [0.717, 1.165) is 18.4 Å². The maximum absolute atomic E-state index is 12.0. The Bertz CT molecular complexity index is 556. The maximum atomic E-state index is 12.0. The van der Waals surface area contributed by atoms with Crippen LogP contribution in [0.3, 0.4) is 0 Å². The molecule has 0 unspecified atom stereocenters. The molecule has 0 heterocycles. The Balaban J connectivity index is 2.22. The number of esters is 1. The molecule has 21 heavy (non-hydrogen) atoms. The van der Waals surface area contributed by atoms with E-state index in [1.54, 1.807) is 12.1 Å². The highest BCUT2D eigenvalue weighted by atomic mass is 16.6. The van der Waals surface area contributed by atoms with Crippen LogP contribution >= 0.6 is 0 Å². The minimum Gasteiger partial charge on any atom is -0.465 e. The van der Waals surface area contributed by atoms with E-state index >= 15 is 0 Å². The molecule has 1 aromatic rings. The van der Waals surface area contributed by atoms with Crippen molar-refractivity contribution in [2.24, 2.45) is 0 Å². The second-order valence-corrected chi connectivity index (χ2v) is 6.25. The molecule has 1 aromatic carbocycles. The topological polar surface area (TPSA) is 64.6 Å². The van der Waals surface area contributed by atoms with Gasteiger partial charge in [-0.3, -0.25) is 0 Å². The summed E-state index contributed by atoms with van der Waals surface area (Å²) in [5.41, 5.74) is 0.186. The lowest BCUT2D eigenvalue weighted by Crippen LogP contribution is -2.39. The van der Waals surface area contributed by atoms with Crippen LogP contribution in [0.25, 0.3) is 0 Å². The summed E-state index contributed by atoms with van der Waals surface area (Å²) in [6, 6.07) is 7.17. The Kier molecular flexibility index (Phi) is 3.94. The number of hydrogen-bond donors (Lipinski definition) is 1. The molecule has 114 valence electrons. The summed E-state index contributed by atoms with van der Waals surface area (Å²) in [6.07, 6.45) is 1.08. The van der Waals surface area contributed by atoms with E-state index in [2.05, 4.69) is 5.32 Å². The first-order valence-electron chi connectivity index (χ1n) is 6.96. The van der Waals surface area contributed by atoms with Crippen LogP contribution in [0.15, 0.2) is 24.3 Å². The van der Waals surface area contributed by atoms with Gasteiger partial charge in [-0.1, -0.05) is 18.2 Å². The summed E-state index contributed by atoms with van der Waals surface area (Å²) >= 11 is 0. The highest BCUT2D eigenvalue weighted by Gasteiger charge is 2.48. The van der Waals surface area contributed by atoms with Gasteiger partial charge in [0, 0.05) is 0 Å². The van der Waals surface area contributed by atoms with Gasteiger partial charge >= 0.3 is 12.1 Å². The summed E-state index contributed by atoms with van der Waals surface area (Å²) in [4.78, 5) is 23.8. The summed E-state index contributed by atoms with van der Waals surface area (Å²) < 4.78 is 10.1. The van der Waals surface area contributed by atoms with Crippen LogP contribution < -0.4 is 5.32 Å². The molecule has 1 aliphatic carbocycles. The standard InChI is InChI=1S/C16H21NO4/c1-15(2,3)21-14(19)17-16(9-10-16)12-8-6-5-7-11(12)13(18)20-4/h5-8H,9-10H2,1-4H3,(H,17,19). The molecule has 0 aliphatic heterocycles. The van der Waals surface area contributed by atoms with E-state index in [1.165, 1.54) is 7.11 Å². The molecular weight excluding hydrogens is 270 g/mol. The maximum Gasteiger partial charge on any atom is 0.408 e. The lowest BCUT2D eigenvalue weighted by Gasteiger charge is -2.24. The molecule has 0 atom stereocenters. The van der Waals surface area contributed by atoms with Crippen molar-refractivity contribution in [2.45, 2.75) is 44.8 Å². The van der Waals surface area contributed by atoms with Crippen molar-refractivity contribution in [3.8, 4) is 0 Å². The number of benzene rings is 1. The van der Waals surface area contributed by atoms with Crippen LogP contribution in [-0.2, 0) is 15.0 Å². The number of hydrogen-bond acceptors (Lipinski definition) is 4. The van der Waals surface area contributed by atoms with E-state index in [1.807, 2.05) is 32.9 Å². The third-order valence-electron chi connectivity index (χ3n) is 3.34. The lowest BCUT2D eigenvalue weighted by molar-refractivity contribution is 0.0489. The van der Waals surface area contributed by atoms with Crippen LogP contribution in [0.5, 0.6) is 0 Å². The first-order chi connectivity index (χ1) is 9.77. The number of amides is 1. The van der Waals surface area contributed by atoms with Gasteiger partial charge in [0.15, 0.2) is 0 Å². The Hall–Kier alpha value is -2.04. The van der Waals surface area contributed by atoms with Gasteiger partial charge in [-0.2, -0.15) is 0 Å². The normalized spacial score (nSPS) is 16.0. The van der Waals surface area contributed by atoms with Gasteiger partial charge in [0.25, 0.3) is 0 Å². The molecule has 0 bridgehead atoms. The van der Waals surface area contributed by atoms with Crippen LogP contribution in [0.1, 0.15) is 49.5 Å². The number of nitrogens with one attached hydrogen (secondary N) is 1. The van der Waals surface area contributed by atoms with Crippen molar-refractivity contribution < 1.29 is 19.1 Å². The number of methoxy groups -OCH3 is 1. The molecule has 1 amide bonds. The average molecular weight is 291 g/mol. The van der Waals surface area contributed by atoms with Gasteiger partial charge in [-0.25, -0.2) is 9.59 Å². The van der Waals surface area contributed by atoms with Gasteiger partial charge in [0.1, 0.15) is 5.60 Å². The Labute approximate surface area is 124 Å². The summed E-state index contributed by atoms with van der Waals surface area (Å²) in [6.45, 7) is 5.44. The zero-order valence-electron chi connectivity index (χ0n) is 12.9. The van der Waals surface area contributed by atoms with E-state index in [4.69, 9.17) is 9.47 Å². The third-order valence-corrected chi connectivity index (χ3v) is 3.34. The first-order valence-corrected chi connectivity index (χ1v) is 6.96. The second kappa shape index (κ2) is 5.39.